The lowest BCUT2D eigenvalue weighted by Crippen LogP contribution is -2.30. The molecule has 0 atom stereocenters. The van der Waals surface area contributed by atoms with Gasteiger partial charge >= 0.3 is 0 Å². The van der Waals surface area contributed by atoms with E-state index in [2.05, 4.69) is 11.6 Å². The SMILES string of the molecule is C=CCSC1=NC(=Cc2ccc(Cl)cc2)C(=O)N1c1ccc(OCC)cc1. The number of benzene rings is 2. The maximum atomic E-state index is 13.0. The molecule has 0 radical (unpaired) electrons. The number of carbonyl (C=O) groups is 1. The molecule has 2 aromatic carbocycles. The van der Waals surface area contributed by atoms with E-state index in [1.165, 1.54) is 11.8 Å². The summed E-state index contributed by atoms with van der Waals surface area (Å²) in [5, 5.41) is 1.28. The summed E-state index contributed by atoms with van der Waals surface area (Å²) >= 11 is 7.40. The Bertz CT molecular complexity index is 889. The molecule has 0 bridgehead atoms. The highest BCUT2D eigenvalue weighted by atomic mass is 35.5. The Balaban J connectivity index is 1.92. The van der Waals surface area contributed by atoms with Crippen LogP contribution in [0.3, 0.4) is 0 Å². The number of ether oxygens (including phenoxy) is 1. The van der Waals surface area contributed by atoms with Crippen LogP contribution in [0.25, 0.3) is 6.08 Å². The molecule has 1 amide bonds. The number of rotatable bonds is 6. The van der Waals surface area contributed by atoms with Gasteiger partial charge in [0.25, 0.3) is 5.91 Å². The van der Waals surface area contributed by atoms with Gasteiger partial charge in [-0.05, 0) is 55.0 Å². The van der Waals surface area contributed by atoms with Gasteiger partial charge in [0.2, 0.25) is 0 Å². The standard InChI is InChI=1S/C21H19ClN2O2S/c1-3-13-27-21-23-19(14-15-5-7-16(22)8-6-15)20(25)24(21)17-9-11-18(12-10-17)26-4-2/h3,5-12,14H,1,4,13H2,2H3. The van der Waals surface area contributed by atoms with Gasteiger partial charge in [0.15, 0.2) is 5.17 Å². The largest absolute Gasteiger partial charge is 0.494 e. The van der Waals surface area contributed by atoms with E-state index in [-0.39, 0.29) is 5.91 Å². The summed E-state index contributed by atoms with van der Waals surface area (Å²) < 4.78 is 5.48. The third kappa shape index (κ3) is 4.62. The fourth-order valence-electron chi connectivity index (χ4n) is 2.53. The van der Waals surface area contributed by atoms with Crippen molar-refractivity contribution < 1.29 is 9.53 Å². The van der Waals surface area contributed by atoms with Crippen molar-refractivity contribution in [3.05, 3.63) is 77.5 Å². The Labute approximate surface area is 168 Å². The number of anilines is 1. The zero-order chi connectivity index (χ0) is 19.2. The molecule has 0 spiro atoms. The number of aliphatic imine (C=N–C) groups is 1. The first-order valence-electron chi connectivity index (χ1n) is 8.49. The minimum absolute atomic E-state index is 0.166. The Morgan fingerprint density at radius 1 is 1.19 bits per heavy atom. The van der Waals surface area contributed by atoms with Crippen molar-refractivity contribution in [1.82, 2.24) is 0 Å². The molecule has 2 aromatic rings. The molecule has 0 aromatic heterocycles. The highest BCUT2D eigenvalue weighted by Gasteiger charge is 2.31. The van der Waals surface area contributed by atoms with E-state index in [1.54, 1.807) is 29.2 Å². The number of nitrogens with zero attached hydrogens (tertiary/aromatic N) is 2. The maximum absolute atomic E-state index is 13.0. The van der Waals surface area contributed by atoms with Crippen molar-refractivity contribution in [2.45, 2.75) is 6.92 Å². The lowest BCUT2D eigenvalue weighted by Gasteiger charge is -2.17. The molecule has 0 N–H and O–H groups in total. The van der Waals surface area contributed by atoms with Crippen LogP contribution in [-0.2, 0) is 4.79 Å². The van der Waals surface area contributed by atoms with Crippen LogP contribution in [0.4, 0.5) is 5.69 Å². The van der Waals surface area contributed by atoms with Gasteiger partial charge in [0, 0.05) is 10.8 Å². The molecule has 0 fully saturated rings. The Kier molecular flexibility index (Phi) is 6.37. The first-order valence-corrected chi connectivity index (χ1v) is 9.85. The fraction of sp³-hybridized carbons (Fsp3) is 0.143. The summed E-state index contributed by atoms with van der Waals surface area (Å²) in [6.07, 6.45) is 3.55. The second-order valence-corrected chi connectivity index (χ2v) is 7.07. The number of amidine groups is 1. The van der Waals surface area contributed by atoms with Crippen molar-refractivity contribution in [2.24, 2.45) is 4.99 Å². The minimum atomic E-state index is -0.166. The van der Waals surface area contributed by atoms with Gasteiger partial charge in [0.05, 0.1) is 12.3 Å². The summed E-state index contributed by atoms with van der Waals surface area (Å²) in [6.45, 7) is 6.27. The number of hydrogen-bond acceptors (Lipinski definition) is 4. The van der Waals surface area contributed by atoms with E-state index in [1.807, 2.05) is 43.3 Å². The summed E-state index contributed by atoms with van der Waals surface area (Å²) in [4.78, 5) is 19.2. The van der Waals surface area contributed by atoms with Gasteiger partial charge in [-0.15, -0.1) is 6.58 Å². The molecule has 0 unspecified atom stereocenters. The quantitative estimate of drug-likeness (QED) is 0.483. The van der Waals surface area contributed by atoms with E-state index in [0.29, 0.717) is 28.2 Å². The molecule has 4 nitrogen and oxygen atoms in total. The molecule has 0 aliphatic carbocycles. The third-order valence-electron chi connectivity index (χ3n) is 3.74. The first kappa shape index (κ1) is 19.3. The lowest BCUT2D eigenvalue weighted by molar-refractivity contribution is -0.113. The molecule has 6 heteroatoms. The van der Waals surface area contributed by atoms with Crippen molar-refractivity contribution in [3.63, 3.8) is 0 Å². The van der Waals surface area contributed by atoms with Crippen LogP contribution in [0, 0.1) is 0 Å². The molecule has 138 valence electrons. The molecule has 27 heavy (non-hydrogen) atoms. The van der Waals surface area contributed by atoms with E-state index >= 15 is 0 Å². The summed E-state index contributed by atoms with van der Waals surface area (Å²) in [7, 11) is 0. The van der Waals surface area contributed by atoms with Crippen molar-refractivity contribution in [2.75, 3.05) is 17.3 Å². The van der Waals surface area contributed by atoms with E-state index < -0.39 is 0 Å². The normalized spacial score (nSPS) is 15.2. The van der Waals surface area contributed by atoms with Gasteiger partial charge < -0.3 is 4.74 Å². The van der Waals surface area contributed by atoms with Crippen LogP contribution in [-0.4, -0.2) is 23.4 Å². The zero-order valence-electron chi connectivity index (χ0n) is 14.9. The smallest absolute Gasteiger partial charge is 0.283 e. The van der Waals surface area contributed by atoms with Crippen LogP contribution < -0.4 is 9.64 Å². The second kappa shape index (κ2) is 8.93. The molecule has 3 rings (SSSR count). The Morgan fingerprint density at radius 2 is 1.89 bits per heavy atom. The fourth-order valence-corrected chi connectivity index (χ4v) is 3.40. The summed E-state index contributed by atoms with van der Waals surface area (Å²) in [6, 6.07) is 14.7. The van der Waals surface area contributed by atoms with E-state index in [0.717, 1.165) is 17.0 Å². The molecular weight excluding hydrogens is 380 g/mol. The molecule has 1 aliphatic rings. The van der Waals surface area contributed by atoms with Crippen LogP contribution in [0.15, 0.2) is 71.9 Å². The third-order valence-corrected chi connectivity index (χ3v) is 4.93. The predicted octanol–water partition coefficient (Wildman–Crippen LogP) is 5.40. The minimum Gasteiger partial charge on any atom is -0.494 e. The Hall–Kier alpha value is -2.50. The molecule has 0 saturated heterocycles. The highest BCUT2D eigenvalue weighted by molar-refractivity contribution is 8.14. The van der Waals surface area contributed by atoms with Crippen LogP contribution in [0.1, 0.15) is 12.5 Å². The Morgan fingerprint density at radius 3 is 2.52 bits per heavy atom. The number of carbonyl (C=O) groups excluding carboxylic acids is 1. The number of thioether (sulfide) groups is 1. The topological polar surface area (TPSA) is 41.9 Å². The van der Waals surface area contributed by atoms with Gasteiger partial charge in [-0.3, -0.25) is 9.69 Å². The predicted molar refractivity (Wildman–Crippen MR) is 115 cm³/mol. The number of hydrogen-bond donors (Lipinski definition) is 0. The van der Waals surface area contributed by atoms with E-state index in [4.69, 9.17) is 16.3 Å². The molecule has 1 heterocycles. The van der Waals surface area contributed by atoms with E-state index in [9.17, 15) is 4.79 Å². The van der Waals surface area contributed by atoms with Crippen molar-refractivity contribution in [3.8, 4) is 5.75 Å². The summed E-state index contributed by atoms with van der Waals surface area (Å²) in [5.74, 6) is 1.26. The summed E-state index contributed by atoms with van der Waals surface area (Å²) in [5.41, 5.74) is 2.00. The number of amides is 1. The lowest BCUT2D eigenvalue weighted by atomic mass is 10.2. The van der Waals surface area contributed by atoms with Gasteiger partial charge in [0.1, 0.15) is 11.4 Å². The van der Waals surface area contributed by atoms with Crippen LogP contribution >= 0.6 is 23.4 Å². The average Bonchev–Trinajstić information content (AvgIpc) is 2.98. The molecule has 1 aliphatic heterocycles. The van der Waals surface area contributed by atoms with Gasteiger partial charge in [-0.25, -0.2) is 4.99 Å². The average molecular weight is 399 g/mol. The van der Waals surface area contributed by atoms with Crippen LogP contribution in [0.5, 0.6) is 5.75 Å². The van der Waals surface area contributed by atoms with Gasteiger partial charge in [-0.1, -0.05) is 41.6 Å². The molecular formula is C21H19ClN2O2S. The van der Waals surface area contributed by atoms with Crippen LogP contribution in [0.2, 0.25) is 5.02 Å². The van der Waals surface area contributed by atoms with Crippen molar-refractivity contribution in [1.29, 1.82) is 0 Å². The maximum Gasteiger partial charge on any atom is 0.283 e. The van der Waals surface area contributed by atoms with Crippen molar-refractivity contribution >= 4 is 46.2 Å². The second-order valence-electron chi connectivity index (χ2n) is 5.64. The zero-order valence-corrected chi connectivity index (χ0v) is 16.5. The van der Waals surface area contributed by atoms with Gasteiger partial charge in [-0.2, -0.15) is 0 Å². The highest BCUT2D eigenvalue weighted by Crippen LogP contribution is 2.30. The molecule has 0 saturated carbocycles. The number of halogens is 1. The first-order chi connectivity index (χ1) is 13.1. The monoisotopic (exact) mass is 398 g/mol.